The van der Waals surface area contributed by atoms with Crippen LogP contribution in [0.2, 0.25) is 10.0 Å². The number of hydrogen-bond acceptors (Lipinski definition) is 6. The summed E-state index contributed by atoms with van der Waals surface area (Å²) in [5.74, 6) is -0.235. The zero-order chi connectivity index (χ0) is 23.6. The number of morpholine rings is 1. The molecule has 0 saturated carbocycles. The lowest BCUT2D eigenvalue weighted by molar-refractivity contribution is -0.118. The molecule has 1 amide bonds. The number of anilines is 1. The predicted molar refractivity (Wildman–Crippen MR) is 127 cm³/mol. The average Bonchev–Trinajstić information content (AvgIpc) is 2.79. The number of aryl methyl sites for hydroxylation is 1. The molecule has 11 heteroatoms. The van der Waals surface area contributed by atoms with Gasteiger partial charge in [0.05, 0.1) is 28.2 Å². The Labute approximate surface area is 201 Å². The van der Waals surface area contributed by atoms with Crippen molar-refractivity contribution >= 4 is 55.7 Å². The zero-order valence-corrected chi connectivity index (χ0v) is 20.0. The fraction of sp³-hybridized carbons (Fsp3) is 0.273. The second kappa shape index (κ2) is 9.82. The van der Waals surface area contributed by atoms with E-state index in [1.54, 1.807) is 12.1 Å². The summed E-state index contributed by atoms with van der Waals surface area (Å²) >= 11 is 12.5. The van der Waals surface area contributed by atoms with Gasteiger partial charge in [-0.2, -0.15) is 4.31 Å². The summed E-state index contributed by atoms with van der Waals surface area (Å²) < 4.78 is 38.0. The van der Waals surface area contributed by atoms with E-state index in [1.807, 2.05) is 19.1 Å². The first kappa shape index (κ1) is 23.7. The van der Waals surface area contributed by atoms with E-state index in [9.17, 15) is 13.2 Å². The number of amides is 1. The fourth-order valence-electron chi connectivity index (χ4n) is 3.43. The molecular formula is C22H21Cl2N3O5S. The average molecular weight is 510 g/mol. The Balaban J connectivity index is 1.48. The maximum atomic E-state index is 12.9. The Morgan fingerprint density at radius 3 is 2.67 bits per heavy atom. The van der Waals surface area contributed by atoms with E-state index in [0.717, 1.165) is 5.69 Å². The van der Waals surface area contributed by atoms with Crippen LogP contribution in [0.25, 0.3) is 10.9 Å². The molecule has 0 radical (unpaired) electrons. The van der Waals surface area contributed by atoms with Gasteiger partial charge < -0.3 is 14.8 Å². The van der Waals surface area contributed by atoms with Crippen molar-refractivity contribution in [3.8, 4) is 5.75 Å². The molecular weight excluding hydrogens is 489 g/mol. The van der Waals surface area contributed by atoms with Gasteiger partial charge in [0, 0.05) is 29.9 Å². The lowest BCUT2D eigenvalue weighted by Crippen LogP contribution is -2.40. The molecule has 1 fully saturated rings. The highest BCUT2D eigenvalue weighted by Gasteiger charge is 2.26. The summed E-state index contributed by atoms with van der Waals surface area (Å²) in [5.41, 5.74) is 1.53. The maximum Gasteiger partial charge on any atom is 0.262 e. The van der Waals surface area contributed by atoms with Crippen molar-refractivity contribution in [2.24, 2.45) is 0 Å². The molecule has 1 aromatic heterocycles. The quantitative estimate of drug-likeness (QED) is 0.541. The normalized spacial score (nSPS) is 14.9. The number of sulfonamides is 1. The van der Waals surface area contributed by atoms with Crippen LogP contribution in [0.4, 0.5) is 5.69 Å². The molecule has 3 aromatic rings. The van der Waals surface area contributed by atoms with Gasteiger partial charge in [0.2, 0.25) is 10.0 Å². The number of pyridine rings is 1. The van der Waals surface area contributed by atoms with Crippen molar-refractivity contribution in [2.45, 2.75) is 11.8 Å². The molecule has 1 N–H and O–H groups in total. The van der Waals surface area contributed by atoms with E-state index in [1.165, 1.54) is 22.5 Å². The topological polar surface area (TPSA) is 97.8 Å². The van der Waals surface area contributed by atoms with E-state index >= 15 is 0 Å². The van der Waals surface area contributed by atoms with Crippen LogP contribution in [-0.4, -0.2) is 56.5 Å². The lowest BCUT2D eigenvalue weighted by atomic mass is 10.2. The number of aromatic nitrogens is 1. The van der Waals surface area contributed by atoms with E-state index in [2.05, 4.69) is 10.3 Å². The second-order valence-electron chi connectivity index (χ2n) is 7.40. The number of halogens is 2. The van der Waals surface area contributed by atoms with Crippen LogP contribution >= 0.6 is 23.2 Å². The molecule has 0 spiro atoms. The largest absolute Gasteiger partial charge is 0.480 e. The van der Waals surface area contributed by atoms with Gasteiger partial charge in [0.15, 0.2) is 12.4 Å². The van der Waals surface area contributed by atoms with Crippen LogP contribution < -0.4 is 10.1 Å². The van der Waals surface area contributed by atoms with E-state index in [4.69, 9.17) is 32.7 Å². The van der Waals surface area contributed by atoms with E-state index < -0.39 is 15.9 Å². The third-order valence-electron chi connectivity index (χ3n) is 5.05. The van der Waals surface area contributed by atoms with Crippen LogP contribution in [0.3, 0.4) is 0 Å². The Morgan fingerprint density at radius 2 is 1.91 bits per heavy atom. The van der Waals surface area contributed by atoms with Crippen molar-refractivity contribution in [1.82, 2.24) is 9.29 Å². The Morgan fingerprint density at radius 1 is 1.15 bits per heavy atom. The molecule has 4 rings (SSSR count). The Bertz CT molecular complexity index is 1310. The smallest absolute Gasteiger partial charge is 0.262 e. The summed E-state index contributed by atoms with van der Waals surface area (Å²) in [6, 6.07) is 11.2. The van der Waals surface area contributed by atoms with Crippen molar-refractivity contribution in [3.05, 3.63) is 58.2 Å². The van der Waals surface area contributed by atoms with Crippen LogP contribution in [0.5, 0.6) is 5.75 Å². The third-order valence-corrected chi connectivity index (χ3v) is 7.54. The molecule has 1 aliphatic heterocycles. The van der Waals surface area contributed by atoms with Crippen LogP contribution in [-0.2, 0) is 19.6 Å². The minimum Gasteiger partial charge on any atom is -0.480 e. The molecule has 1 saturated heterocycles. The summed E-state index contributed by atoms with van der Waals surface area (Å²) in [4.78, 5) is 17.1. The standard InChI is InChI=1S/C22H21Cl2N3O5S/c1-14-5-6-17-18(23)12-19(24)22(21(17)25-14)32-13-20(28)26-15-3-2-4-16(11-15)33(29,30)27-7-9-31-10-8-27/h2-6,11-12H,7-10,13H2,1H3,(H,26,28). The maximum absolute atomic E-state index is 12.9. The van der Waals surface area contributed by atoms with Crippen molar-refractivity contribution in [2.75, 3.05) is 38.2 Å². The summed E-state index contributed by atoms with van der Waals surface area (Å²) in [5, 5.41) is 3.97. The third kappa shape index (κ3) is 5.23. The first-order chi connectivity index (χ1) is 15.8. The zero-order valence-electron chi connectivity index (χ0n) is 17.7. The molecule has 2 heterocycles. The SMILES string of the molecule is Cc1ccc2c(Cl)cc(Cl)c(OCC(=O)Nc3cccc(S(=O)(=O)N4CCOCC4)c3)c2n1. The molecule has 0 aliphatic carbocycles. The summed E-state index contributed by atoms with van der Waals surface area (Å²) in [6.45, 7) is 2.74. The number of carbonyl (C=O) groups excluding carboxylic acids is 1. The number of nitrogens with one attached hydrogen (secondary N) is 1. The molecule has 0 bridgehead atoms. The number of benzene rings is 2. The number of fused-ring (bicyclic) bond motifs is 1. The lowest BCUT2D eigenvalue weighted by Gasteiger charge is -2.26. The molecule has 0 atom stereocenters. The van der Waals surface area contributed by atoms with Crippen LogP contribution in [0.1, 0.15) is 5.69 Å². The van der Waals surface area contributed by atoms with Crippen molar-refractivity contribution < 1.29 is 22.7 Å². The highest BCUT2D eigenvalue weighted by atomic mass is 35.5. The summed E-state index contributed by atoms with van der Waals surface area (Å²) in [7, 11) is -3.68. The number of rotatable bonds is 6. The predicted octanol–water partition coefficient (Wildman–Crippen LogP) is 3.89. The highest BCUT2D eigenvalue weighted by Crippen LogP contribution is 2.37. The van der Waals surface area contributed by atoms with Crippen molar-refractivity contribution in [3.63, 3.8) is 0 Å². The van der Waals surface area contributed by atoms with Gasteiger partial charge >= 0.3 is 0 Å². The van der Waals surface area contributed by atoms with Gasteiger partial charge in [-0.25, -0.2) is 13.4 Å². The Hall–Kier alpha value is -2.43. The Kier molecular flexibility index (Phi) is 7.06. The minimum absolute atomic E-state index is 0.0922. The van der Waals surface area contributed by atoms with Crippen molar-refractivity contribution in [1.29, 1.82) is 0 Å². The van der Waals surface area contributed by atoms with E-state index in [0.29, 0.717) is 34.8 Å². The number of nitrogens with zero attached hydrogens (tertiary/aromatic N) is 2. The number of ether oxygens (including phenoxy) is 2. The minimum atomic E-state index is -3.68. The van der Waals surface area contributed by atoms with Gasteiger partial charge in [-0.3, -0.25) is 4.79 Å². The highest BCUT2D eigenvalue weighted by molar-refractivity contribution is 7.89. The molecule has 0 unspecified atom stereocenters. The van der Waals surface area contributed by atoms with Crippen LogP contribution in [0.15, 0.2) is 47.4 Å². The number of carbonyl (C=O) groups is 1. The van der Waals surface area contributed by atoms with Gasteiger partial charge in [0.1, 0.15) is 5.52 Å². The molecule has 2 aromatic carbocycles. The molecule has 8 nitrogen and oxygen atoms in total. The van der Waals surface area contributed by atoms with Gasteiger partial charge in [-0.05, 0) is 43.3 Å². The monoisotopic (exact) mass is 509 g/mol. The first-order valence-electron chi connectivity index (χ1n) is 10.1. The number of hydrogen-bond donors (Lipinski definition) is 1. The first-order valence-corrected chi connectivity index (χ1v) is 12.3. The van der Waals surface area contributed by atoms with Gasteiger partial charge in [0.25, 0.3) is 5.91 Å². The summed E-state index contributed by atoms with van der Waals surface area (Å²) in [6.07, 6.45) is 0. The van der Waals surface area contributed by atoms with Crippen LogP contribution in [0, 0.1) is 6.92 Å². The fourth-order valence-corrected chi connectivity index (χ4v) is 5.46. The van der Waals surface area contributed by atoms with E-state index in [-0.39, 0.29) is 35.4 Å². The second-order valence-corrected chi connectivity index (χ2v) is 10.2. The van der Waals surface area contributed by atoms with Gasteiger partial charge in [-0.15, -0.1) is 0 Å². The van der Waals surface area contributed by atoms with Gasteiger partial charge in [-0.1, -0.05) is 29.3 Å². The molecule has 1 aliphatic rings. The molecule has 33 heavy (non-hydrogen) atoms. The molecule has 174 valence electrons.